The van der Waals surface area contributed by atoms with Gasteiger partial charge in [-0.05, 0) is 45.2 Å². The van der Waals surface area contributed by atoms with Crippen molar-refractivity contribution in [2.45, 2.75) is 64.1 Å². The topological polar surface area (TPSA) is 109 Å². The number of aromatic hydroxyl groups is 1. The lowest BCUT2D eigenvalue weighted by Crippen LogP contribution is -2.48. The number of rotatable bonds is 6. The zero-order valence-corrected chi connectivity index (χ0v) is 18.8. The first-order valence-corrected chi connectivity index (χ1v) is 11.0. The Balaban J connectivity index is 1.75. The predicted octanol–water partition coefficient (Wildman–Crippen LogP) is 2.68. The van der Waals surface area contributed by atoms with Gasteiger partial charge in [0.2, 0.25) is 0 Å². The van der Waals surface area contributed by atoms with Crippen LogP contribution in [0.2, 0.25) is 0 Å². The van der Waals surface area contributed by atoms with Gasteiger partial charge in [-0.25, -0.2) is 0 Å². The lowest BCUT2D eigenvalue weighted by molar-refractivity contribution is 0.0858. The summed E-state index contributed by atoms with van der Waals surface area (Å²) >= 11 is 0. The highest BCUT2D eigenvalue weighted by Crippen LogP contribution is 2.41. The summed E-state index contributed by atoms with van der Waals surface area (Å²) in [5.74, 6) is -1.24. The van der Waals surface area contributed by atoms with Crippen molar-refractivity contribution < 1.29 is 15.0 Å². The van der Waals surface area contributed by atoms with Gasteiger partial charge in [0, 0.05) is 17.1 Å². The molecule has 4 rings (SSSR count). The van der Waals surface area contributed by atoms with Gasteiger partial charge >= 0.3 is 0 Å². The summed E-state index contributed by atoms with van der Waals surface area (Å²) < 4.78 is 3.81. The molecule has 1 amide bonds. The third-order valence-corrected chi connectivity index (χ3v) is 6.42. The van der Waals surface area contributed by atoms with Crippen LogP contribution in [0.25, 0.3) is 10.9 Å². The lowest BCUT2D eigenvalue weighted by Gasteiger charge is -2.33. The quantitative estimate of drug-likeness (QED) is 0.548. The molecule has 2 aromatic heterocycles. The number of amides is 1. The second-order valence-electron chi connectivity index (χ2n) is 9.52. The molecule has 0 unspecified atom stereocenters. The fourth-order valence-corrected chi connectivity index (χ4v) is 4.71. The van der Waals surface area contributed by atoms with Gasteiger partial charge in [0.1, 0.15) is 0 Å². The van der Waals surface area contributed by atoms with Crippen molar-refractivity contribution in [1.82, 2.24) is 19.7 Å². The van der Waals surface area contributed by atoms with Crippen molar-refractivity contribution in [3.8, 4) is 5.75 Å². The van der Waals surface area contributed by atoms with Crippen molar-refractivity contribution in [3.63, 3.8) is 0 Å². The Bertz CT molecular complexity index is 1220. The Morgan fingerprint density at radius 1 is 1.22 bits per heavy atom. The number of hydrogen-bond donors (Lipinski definition) is 3. The van der Waals surface area contributed by atoms with E-state index in [-0.39, 0.29) is 17.8 Å². The van der Waals surface area contributed by atoms with Crippen LogP contribution in [0.15, 0.2) is 41.5 Å². The molecule has 8 heteroatoms. The highest BCUT2D eigenvalue weighted by molar-refractivity contribution is 5.92. The number of carbonyl (C=O) groups excluding carboxylic acids is 1. The molecule has 0 atom stereocenters. The van der Waals surface area contributed by atoms with E-state index in [1.807, 2.05) is 12.1 Å². The summed E-state index contributed by atoms with van der Waals surface area (Å²) in [7, 11) is 0. The predicted molar refractivity (Wildman–Crippen MR) is 122 cm³/mol. The van der Waals surface area contributed by atoms with E-state index in [0.717, 1.165) is 31.2 Å². The molecule has 0 radical (unpaired) electrons. The maximum atomic E-state index is 12.7. The second kappa shape index (κ2) is 8.09. The number of hydrogen-bond acceptors (Lipinski definition) is 5. The molecular weight excluding hydrogens is 408 g/mol. The van der Waals surface area contributed by atoms with Crippen LogP contribution in [0, 0.1) is 6.92 Å². The van der Waals surface area contributed by atoms with Crippen LogP contribution in [-0.2, 0) is 12.1 Å². The standard InChI is InChI=1S/C24H30N4O4/c1-16-12-28(18-9-5-4-8-17(16)18)24(10-6-7-11-24)14-27-13-19(30)21(31)20(26-27)22(32)25-23(2,3)15-29/h4-5,8-9,12-13,29-30H,6-7,10-11,14-15H2,1-3H3,(H,25,32). The number of aliphatic hydroxyl groups is 1. The SMILES string of the molecule is Cc1cn(C2(Cn3cc(O)c(=O)c(C(=O)NC(C)(C)CO)n3)CCCC2)c2ccccc12. The molecule has 170 valence electrons. The van der Waals surface area contributed by atoms with E-state index < -0.39 is 22.6 Å². The van der Waals surface area contributed by atoms with Gasteiger partial charge in [-0.15, -0.1) is 0 Å². The van der Waals surface area contributed by atoms with Crippen LogP contribution in [0.5, 0.6) is 5.75 Å². The van der Waals surface area contributed by atoms with E-state index in [9.17, 15) is 19.8 Å². The number of aromatic nitrogens is 3. The fraction of sp³-hybridized carbons (Fsp3) is 0.458. The summed E-state index contributed by atoms with van der Waals surface area (Å²) in [4.78, 5) is 25.1. The molecule has 1 saturated carbocycles. The molecule has 0 saturated heterocycles. The van der Waals surface area contributed by atoms with Crippen LogP contribution in [0.4, 0.5) is 0 Å². The molecule has 1 fully saturated rings. The average Bonchev–Trinajstić information content (AvgIpc) is 3.36. The molecule has 2 heterocycles. The molecular formula is C24H30N4O4. The first-order chi connectivity index (χ1) is 15.2. The zero-order valence-electron chi connectivity index (χ0n) is 18.8. The molecule has 0 bridgehead atoms. The molecule has 1 aliphatic rings. The molecule has 8 nitrogen and oxygen atoms in total. The van der Waals surface area contributed by atoms with Gasteiger partial charge in [0.05, 0.1) is 30.4 Å². The van der Waals surface area contributed by atoms with E-state index >= 15 is 0 Å². The van der Waals surface area contributed by atoms with Gasteiger partial charge in [0.15, 0.2) is 11.4 Å². The van der Waals surface area contributed by atoms with Gasteiger partial charge in [0.25, 0.3) is 11.3 Å². The lowest BCUT2D eigenvalue weighted by atomic mass is 9.96. The first kappa shape index (κ1) is 22.1. The van der Waals surface area contributed by atoms with E-state index in [0.29, 0.717) is 6.54 Å². The van der Waals surface area contributed by atoms with Crippen LogP contribution < -0.4 is 10.7 Å². The van der Waals surface area contributed by atoms with Gasteiger partial charge in [-0.3, -0.25) is 14.3 Å². The minimum Gasteiger partial charge on any atom is -0.503 e. The normalized spacial score (nSPS) is 15.9. The Hall–Kier alpha value is -3.13. The minimum atomic E-state index is -0.921. The Kier molecular flexibility index (Phi) is 5.58. The third kappa shape index (κ3) is 3.90. The van der Waals surface area contributed by atoms with Crippen LogP contribution in [-0.4, -0.2) is 42.6 Å². The summed E-state index contributed by atoms with van der Waals surface area (Å²) in [5.41, 5.74) is -0.0758. The minimum absolute atomic E-state index is 0.277. The molecule has 3 N–H and O–H groups in total. The Morgan fingerprint density at radius 2 is 1.91 bits per heavy atom. The van der Waals surface area contributed by atoms with Crippen LogP contribution in [0.1, 0.15) is 55.6 Å². The smallest absolute Gasteiger partial charge is 0.276 e. The van der Waals surface area contributed by atoms with Crippen molar-refractivity contribution in [3.05, 3.63) is 58.1 Å². The maximum absolute atomic E-state index is 12.7. The molecule has 3 aromatic rings. The summed E-state index contributed by atoms with van der Waals surface area (Å²) in [6.07, 6.45) is 7.45. The first-order valence-electron chi connectivity index (χ1n) is 11.0. The fourth-order valence-electron chi connectivity index (χ4n) is 4.71. The van der Waals surface area contributed by atoms with E-state index in [4.69, 9.17) is 0 Å². The van der Waals surface area contributed by atoms with Crippen molar-refractivity contribution in [2.75, 3.05) is 6.61 Å². The average molecular weight is 439 g/mol. The number of fused-ring (bicyclic) bond motifs is 1. The number of para-hydroxylation sites is 1. The van der Waals surface area contributed by atoms with Gasteiger partial charge < -0.3 is 20.1 Å². The van der Waals surface area contributed by atoms with Gasteiger partial charge in [-0.1, -0.05) is 31.0 Å². The molecule has 32 heavy (non-hydrogen) atoms. The Labute approximate surface area is 186 Å². The van der Waals surface area contributed by atoms with Crippen LogP contribution in [0.3, 0.4) is 0 Å². The second-order valence-corrected chi connectivity index (χ2v) is 9.52. The Morgan fingerprint density at radius 3 is 2.59 bits per heavy atom. The molecule has 1 aromatic carbocycles. The number of aliphatic hydroxyl groups excluding tert-OH is 1. The van der Waals surface area contributed by atoms with E-state index in [1.165, 1.54) is 21.8 Å². The molecule has 1 aliphatic carbocycles. The van der Waals surface area contributed by atoms with Crippen molar-refractivity contribution in [1.29, 1.82) is 0 Å². The highest BCUT2D eigenvalue weighted by Gasteiger charge is 2.38. The number of carbonyl (C=O) groups is 1. The van der Waals surface area contributed by atoms with Crippen LogP contribution >= 0.6 is 0 Å². The van der Waals surface area contributed by atoms with Gasteiger partial charge in [-0.2, -0.15) is 5.10 Å². The largest absolute Gasteiger partial charge is 0.503 e. The highest BCUT2D eigenvalue weighted by atomic mass is 16.3. The number of aryl methyl sites for hydroxylation is 1. The van der Waals surface area contributed by atoms with Crippen molar-refractivity contribution >= 4 is 16.8 Å². The van der Waals surface area contributed by atoms with E-state index in [2.05, 4.69) is 40.2 Å². The number of nitrogens with one attached hydrogen (secondary N) is 1. The van der Waals surface area contributed by atoms with Crippen molar-refractivity contribution in [2.24, 2.45) is 0 Å². The molecule has 0 spiro atoms. The number of benzene rings is 1. The maximum Gasteiger partial charge on any atom is 0.276 e. The van der Waals surface area contributed by atoms with E-state index in [1.54, 1.807) is 13.8 Å². The monoisotopic (exact) mass is 438 g/mol. The third-order valence-electron chi connectivity index (χ3n) is 6.42. The summed E-state index contributed by atoms with van der Waals surface area (Å²) in [6.45, 7) is 5.49. The zero-order chi connectivity index (χ0) is 23.1. The number of nitrogens with zero attached hydrogens (tertiary/aromatic N) is 3. The summed E-state index contributed by atoms with van der Waals surface area (Å²) in [6, 6.07) is 8.27. The molecule has 0 aliphatic heterocycles. The summed E-state index contributed by atoms with van der Waals surface area (Å²) in [5, 5.41) is 27.8.